The first-order valence-corrected chi connectivity index (χ1v) is 18.7. The molecule has 0 N–H and O–H groups in total. The maximum Gasteiger partial charge on any atom is 0.252 e. The molecule has 4 heterocycles. The molecule has 238 valence electrons. The summed E-state index contributed by atoms with van der Waals surface area (Å²) in [7, 11) is 0. The minimum absolute atomic E-state index is 0.0825. The summed E-state index contributed by atoms with van der Waals surface area (Å²) in [5.41, 5.74) is 22.7. The van der Waals surface area contributed by atoms with E-state index >= 15 is 0 Å². The Kier molecular flexibility index (Phi) is 4.14. The molecule has 15 rings (SSSR count). The van der Waals surface area contributed by atoms with Gasteiger partial charge in [0.1, 0.15) is 0 Å². The molecule has 0 amide bonds. The van der Waals surface area contributed by atoms with Crippen molar-refractivity contribution in [1.82, 2.24) is 9.13 Å². The van der Waals surface area contributed by atoms with E-state index in [-0.39, 0.29) is 6.71 Å². The Labute approximate surface area is 303 Å². The highest BCUT2D eigenvalue weighted by molar-refractivity contribution is 7.00. The average Bonchev–Trinajstić information content (AvgIpc) is 3.67. The van der Waals surface area contributed by atoms with Crippen LogP contribution in [0.25, 0.3) is 121 Å². The fraction of sp³-hybridized carbons (Fsp3) is 0. The summed E-state index contributed by atoms with van der Waals surface area (Å²) in [5.74, 6) is 0. The first-order valence-electron chi connectivity index (χ1n) is 18.7. The molecule has 4 aliphatic rings. The smallest absolute Gasteiger partial charge is 0.252 e. The van der Waals surface area contributed by atoms with Crippen LogP contribution in [-0.2, 0) is 0 Å². The predicted octanol–water partition coefficient (Wildman–Crippen LogP) is 10.6. The molecular formula is C50H25BN2. The van der Waals surface area contributed by atoms with E-state index in [1.54, 1.807) is 0 Å². The molecule has 0 atom stereocenters. The van der Waals surface area contributed by atoms with Crippen LogP contribution < -0.4 is 16.4 Å². The number of benzene rings is 9. The summed E-state index contributed by atoms with van der Waals surface area (Å²) >= 11 is 0. The zero-order valence-corrected chi connectivity index (χ0v) is 28.4. The van der Waals surface area contributed by atoms with Crippen LogP contribution in [0.1, 0.15) is 0 Å². The molecule has 53 heavy (non-hydrogen) atoms. The Morgan fingerprint density at radius 3 is 1.15 bits per heavy atom. The maximum absolute atomic E-state index is 2.63. The zero-order chi connectivity index (χ0) is 33.8. The molecule has 9 aromatic carbocycles. The van der Waals surface area contributed by atoms with E-state index in [4.69, 9.17) is 0 Å². The molecule has 2 aromatic heterocycles. The minimum atomic E-state index is 0.0825. The van der Waals surface area contributed by atoms with E-state index in [1.165, 1.54) is 137 Å². The van der Waals surface area contributed by atoms with Gasteiger partial charge in [-0.1, -0.05) is 127 Å². The van der Waals surface area contributed by atoms with Crippen LogP contribution in [0.3, 0.4) is 0 Å². The van der Waals surface area contributed by atoms with Crippen molar-refractivity contribution in [3.63, 3.8) is 0 Å². The SMILES string of the molecule is c1ccc2c(c1)-c1cccc3cc4c5c(c13)c1c-2cccc1n5-c1cccc2c1B4c1cc3cccc4c3c3c5c(cccc5n-2c13)-c1ccccc1-4. The number of fused-ring (bicyclic) bond motifs is 12. The second kappa shape index (κ2) is 8.44. The quantitative estimate of drug-likeness (QED) is 0.143. The third-order valence-corrected chi connectivity index (χ3v) is 13.3. The lowest BCUT2D eigenvalue weighted by Crippen LogP contribution is -2.59. The standard InChI is InChI=1S/C50H25BN2/c1-3-14-30-28(12-1)32-16-5-10-26-24-36-49-46(42(26)32)44-34(30)18-7-20-38(44)52(49)40-22-9-23-41-48(40)51(36)37-25-27-11-6-17-33-29-13-2-4-15-31(29)35-19-8-21-39-45(35)47(43(27)33)50(37)53(39)41/h1-25H. The van der Waals surface area contributed by atoms with Gasteiger partial charge in [0.25, 0.3) is 6.71 Å². The van der Waals surface area contributed by atoms with Crippen molar-refractivity contribution in [2.24, 2.45) is 0 Å². The fourth-order valence-corrected chi connectivity index (χ4v) is 11.6. The third-order valence-electron chi connectivity index (χ3n) is 13.3. The van der Waals surface area contributed by atoms with Gasteiger partial charge in [-0.15, -0.1) is 0 Å². The summed E-state index contributed by atoms with van der Waals surface area (Å²) in [6, 6.07) is 58.1. The highest BCUT2D eigenvalue weighted by Crippen LogP contribution is 2.52. The van der Waals surface area contributed by atoms with Gasteiger partial charge >= 0.3 is 0 Å². The highest BCUT2D eigenvalue weighted by atomic mass is 15.0. The first kappa shape index (κ1) is 26.0. The normalized spacial score (nSPS) is 13.6. The van der Waals surface area contributed by atoms with Crippen molar-refractivity contribution >= 4 is 88.3 Å². The number of aromatic nitrogens is 2. The molecular weight excluding hydrogens is 639 g/mol. The molecule has 0 saturated carbocycles. The van der Waals surface area contributed by atoms with Crippen LogP contribution in [0.5, 0.6) is 0 Å². The van der Waals surface area contributed by atoms with Gasteiger partial charge in [0.15, 0.2) is 0 Å². The fourth-order valence-electron chi connectivity index (χ4n) is 11.6. The van der Waals surface area contributed by atoms with Crippen molar-refractivity contribution < 1.29 is 0 Å². The largest absolute Gasteiger partial charge is 0.310 e. The van der Waals surface area contributed by atoms with E-state index in [9.17, 15) is 0 Å². The van der Waals surface area contributed by atoms with Crippen molar-refractivity contribution in [3.05, 3.63) is 152 Å². The van der Waals surface area contributed by atoms with Gasteiger partial charge in [0.05, 0.1) is 22.1 Å². The Morgan fingerprint density at radius 2 is 0.698 bits per heavy atom. The topological polar surface area (TPSA) is 9.86 Å². The third kappa shape index (κ3) is 2.68. The van der Waals surface area contributed by atoms with E-state index < -0.39 is 0 Å². The molecule has 3 heteroatoms. The molecule has 2 aliphatic heterocycles. The van der Waals surface area contributed by atoms with Crippen LogP contribution in [0.4, 0.5) is 0 Å². The van der Waals surface area contributed by atoms with Gasteiger partial charge in [-0.2, -0.15) is 0 Å². The zero-order valence-electron chi connectivity index (χ0n) is 28.4. The molecule has 0 radical (unpaired) electrons. The second-order valence-electron chi connectivity index (χ2n) is 15.5. The van der Waals surface area contributed by atoms with E-state index in [2.05, 4.69) is 161 Å². The predicted molar refractivity (Wildman–Crippen MR) is 224 cm³/mol. The summed E-state index contributed by atoms with van der Waals surface area (Å²) < 4.78 is 5.25. The van der Waals surface area contributed by atoms with Gasteiger partial charge in [0.2, 0.25) is 0 Å². The Hall–Kier alpha value is -6.84. The molecule has 0 bridgehead atoms. The molecule has 2 aliphatic carbocycles. The molecule has 0 spiro atoms. The summed E-state index contributed by atoms with van der Waals surface area (Å²) in [6.07, 6.45) is 0. The Morgan fingerprint density at radius 1 is 0.321 bits per heavy atom. The molecule has 0 unspecified atom stereocenters. The lowest BCUT2D eigenvalue weighted by atomic mass is 9.34. The van der Waals surface area contributed by atoms with E-state index in [0.717, 1.165) is 0 Å². The van der Waals surface area contributed by atoms with Gasteiger partial charge in [-0.25, -0.2) is 0 Å². The number of nitrogens with zero attached hydrogens (tertiary/aromatic N) is 2. The second-order valence-corrected chi connectivity index (χ2v) is 15.5. The van der Waals surface area contributed by atoms with Crippen LogP contribution in [-0.4, -0.2) is 15.8 Å². The Bertz CT molecular complexity index is 3400. The van der Waals surface area contributed by atoms with Crippen molar-refractivity contribution in [2.75, 3.05) is 0 Å². The Balaban J connectivity index is 1.21. The lowest BCUT2D eigenvalue weighted by Gasteiger charge is -2.34. The number of hydrogen-bond acceptors (Lipinski definition) is 0. The van der Waals surface area contributed by atoms with Gasteiger partial charge < -0.3 is 9.13 Å². The lowest BCUT2D eigenvalue weighted by molar-refractivity contribution is 1.14. The van der Waals surface area contributed by atoms with Crippen LogP contribution in [0.15, 0.2) is 152 Å². The van der Waals surface area contributed by atoms with E-state index in [1.807, 2.05) is 0 Å². The van der Waals surface area contributed by atoms with Crippen LogP contribution in [0.2, 0.25) is 0 Å². The molecule has 2 nitrogen and oxygen atoms in total. The van der Waals surface area contributed by atoms with E-state index in [0.29, 0.717) is 0 Å². The highest BCUT2D eigenvalue weighted by Gasteiger charge is 2.43. The number of rotatable bonds is 0. The van der Waals surface area contributed by atoms with Crippen LogP contribution in [0, 0.1) is 0 Å². The summed E-state index contributed by atoms with van der Waals surface area (Å²) in [6.45, 7) is 0.0825. The van der Waals surface area contributed by atoms with Crippen LogP contribution >= 0.6 is 0 Å². The monoisotopic (exact) mass is 664 g/mol. The average molecular weight is 665 g/mol. The van der Waals surface area contributed by atoms with Gasteiger partial charge in [0, 0.05) is 32.9 Å². The number of hydrogen-bond donors (Lipinski definition) is 0. The minimum Gasteiger partial charge on any atom is -0.310 e. The van der Waals surface area contributed by atoms with Crippen molar-refractivity contribution in [3.8, 4) is 55.9 Å². The van der Waals surface area contributed by atoms with Crippen molar-refractivity contribution in [2.45, 2.75) is 0 Å². The summed E-state index contributed by atoms with van der Waals surface area (Å²) in [4.78, 5) is 0. The maximum atomic E-state index is 2.63. The van der Waals surface area contributed by atoms with Gasteiger partial charge in [-0.3, -0.25) is 0 Å². The molecule has 0 fully saturated rings. The molecule has 11 aromatic rings. The van der Waals surface area contributed by atoms with Crippen molar-refractivity contribution in [1.29, 1.82) is 0 Å². The molecule has 0 saturated heterocycles. The van der Waals surface area contributed by atoms with Gasteiger partial charge in [-0.05, 0) is 107 Å². The first-order chi connectivity index (χ1) is 26.3. The summed E-state index contributed by atoms with van der Waals surface area (Å²) in [5, 5.41) is 10.9.